The second-order valence-corrected chi connectivity index (χ2v) is 4.44. The fourth-order valence-electron chi connectivity index (χ4n) is 1.70. The van der Waals surface area contributed by atoms with Crippen LogP contribution in [-0.2, 0) is 0 Å². The van der Waals surface area contributed by atoms with E-state index in [-0.39, 0.29) is 0 Å². The molecule has 0 atom stereocenters. The van der Waals surface area contributed by atoms with Crippen molar-refractivity contribution in [2.45, 2.75) is 13.3 Å². The van der Waals surface area contributed by atoms with E-state index in [1.54, 1.807) is 12.2 Å². The number of rotatable bonds is 0. The summed E-state index contributed by atoms with van der Waals surface area (Å²) in [5.41, 5.74) is 3.02. The third-order valence-corrected chi connectivity index (χ3v) is 2.73. The van der Waals surface area contributed by atoms with Gasteiger partial charge in [0.25, 0.3) is 0 Å². The van der Waals surface area contributed by atoms with Gasteiger partial charge in [0.05, 0.1) is 0 Å². The number of allylic oxidation sites excluding steroid dienone is 12. The van der Waals surface area contributed by atoms with Crippen molar-refractivity contribution in [1.29, 1.82) is 0 Å². The first kappa shape index (κ1) is 12.3. The Kier molecular flexibility index (Phi) is 4.28. The average molecular weight is 260 g/mol. The molecule has 2 aliphatic carbocycles. The Bertz CT molecular complexity index is 745. The molecule has 0 radical (unpaired) electrons. The minimum atomic E-state index is 0.467. The quantitative estimate of drug-likeness (QED) is 0.470. The van der Waals surface area contributed by atoms with Gasteiger partial charge in [0, 0.05) is 24.1 Å². The van der Waals surface area contributed by atoms with Crippen molar-refractivity contribution in [3.8, 4) is 23.7 Å². The first-order valence-electron chi connectivity index (χ1n) is 6.80. The second kappa shape index (κ2) is 6.98. The number of ketones is 1. The molecule has 1 N–H and O–H groups in total. The molecule has 0 amide bonds. The second-order valence-electron chi connectivity index (χ2n) is 4.44. The summed E-state index contributed by atoms with van der Waals surface area (Å²) in [6, 6.07) is 0. The number of hydrogen-bond acceptors (Lipinski definition) is 0. The summed E-state index contributed by atoms with van der Waals surface area (Å²) in [6.07, 6.45) is 17.8. The van der Waals surface area contributed by atoms with Crippen LogP contribution in [-0.4, -0.2) is 10.6 Å². The van der Waals surface area contributed by atoms with Crippen LogP contribution in [0.5, 0.6) is 0 Å². The molecule has 0 aromatic heterocycles. The Hall–Kier alpha value is -2.77. The zero-order valence-corrected chi connectivity index (χ0v) is 11.3. The first-order chi connectivity index (χ1) is 10.3. The van der Waals surface area contributed by atoms with Gasteiger partial charge in [-0.1, -0.05) is 48.3 Å². The van der Waals surface area contributed by atoms with Gasteiger partial charge >= 0.3 is 7.21 Å². The molecule has 0 spiro atoms. The molecule has 0 aromatic rings. The summed E-state index contributed by atoms with van der Waals surface area (Å²) < 4.78 is 7.08. The Morgan fingerprint density at radius 3 is 2.75 bits per heavy atom. The normalized spacial score (nSPS) is 25.9. The van der Waals surface area contributed by atoms with E-state index in [2.05, 4.69) is 28.5 Å². The predicted octanol–water partition coefficient (Wildman–Crippen LogP) is 3.42. The molecule has 2 bridgehead atoms. The maximum atomic E-state index is 7.08. The van der Waals surface area contributed by atoms with Gasteiger partial charge in [0.2, 0.25) is 0 Å². The van der Waals surface area contributed by atoms with Crippen LogP contribution in [0.2, 0.25) is 0 Å². The SMILES string of the molecule is [2H][O+]=C1/C=C/C=C(/C)C#CC#CC2=CC=CC=C(/C=C/1)C2. The standard InChI is InChI=1S/C19H14O/c1-16-7-2-3-9-17-10-4-5-11-18(15-17)13-14-19(20)12-6-8-16/h4-6,8,10-14H,15H2,1H3/p+1/b12-6+,14-13+,16-8-/i/hD. The minimum absolute atomic E-state index is 0.467. The molecule has 20 heavy (non-hydrogen) atoms. The van der Waals surface area contributed by atoms with Gasteiger partial charge < -0.3 is 0 Å². The minimum Gasteiger partial charge on any atom is -0.274 e. The van der Waals surface area contributed by atoms with Gasteiger partial charge in [-0.2, -0.15) is 0 Å². The lowest BCUT2D eigenvalue weighted by Crippen LogP contribution is -1.88. The number of hydrogen-bond donors (Lipinski definition) is 0. The lowest BCUT2D eigenvalue weighted by molar-refractivity contribution is 0.684. The monoisotopic (exact) mass is 260 g/mol. The molecule has 0 unspecified atom stereocenters. The highest BCUT2D eigenvalue weighted by Crippen LogP contribution is 2.15. The summed E-state index contributed by atoms with van der Waals surface area (Å²) in [5, 5.41) is 0. The van der Waals surface area contributed by atoms with Gasteiger partial charge in [0.15, 0.2) is 0 Å². The largest absolute Gasteiger partial charge is 0.686 e. The van der Waals surface area contributed by atoms with E-state index in [1.165, 1.54) is 0 Å². The Balaban J connectivity index is 2.43. The molecule has 2 aliphatic rings. The van der Waals surface area contributed by atoms with Crippen molar-refractivity contribution in [2.24, 2.45) is 0 Å². The van der Waals surface area contributed by atoms with Crippen LogP contribution in [0.4, 0.5) is 0 Å². The highest BCUT2D eigenvalue weighted by Gasteiger charge is 2.02. The van der Waals surface area contributed by atoms with Crippen LogP contribution in [0.1, 0.15) is 14.8 Å². The smallest absolute Gasteiger partial charge is 0.274 e. The van der Waals surface area contributed by atoms with Crippen LogP contribution in [0.3, 0.4) is 0 Å². The van der Waals surface area contributed by atoms with Gasteiger partial charge in [-0.05, 0) is 36.0 Å². The summed E-state index contributed by atoms with van der Waals surface area (Å²) in [7, 11) is 0. The van der Waals surface area contributed by atoms with E-state index < -0.39 is 0 Å². The van der Waals surface area contributed by atoms with Gasteiger partial charge in [-0.3, -0.25) is 4.80 Å². The van der Waals surface area contributed by atoms with Crippen LogP contribution < -0.4 is 0 Å². The molecule has 1 heteroatoms. The maximum absolute atomic E-state index is 7.08. The van der Waals surface area contributed by atoms with Crippen molar-refractivity contribution in [3.63, 3.8) is 0 Å². The molecule has 1 nitrogen and oxygen atoms in total. The maximum Gasteiger partial charge on any atom is 0.686 e. The molecule has 0 saturated carbocycles. The highest BCUT2D eigenvalue weighted by molar-refractivity contribution is 6.00. The molecule has 0 heterocycles. The first-order valence-corrected chi connectivity index (χ1v) is 6.39. The van der Waals surface area contributed by atoms with E-state index >= 15 is 0 Å². The van der Waals surface area contributed by atoms with Gasteiger partial charge in [-0.15, -0.1) is 0 Å². The van der Waals surface area contributed by atoms with E-state index in [0.717, 1.165) is 23.1 Å². The predicted molar refractivity (Wildman–Crippen MR) is 84.5 cm³/mol. The lowest BCUT2D eigenvalue weighted by atomic mass is 10.1. The van der Waals surface area contributed by atoms with Crippen LogP contribution in [0, 0.1) is 23.7 Å². The Labute approximate surface area is 121 Å². The van der Waals surface area contributed by atoms with Crippen molar-refractivity contribution in [1.82, 2.24) is 0 Å². The van der Waals surface area contributed by atoms with Crippen LogP contribution >= 0.6 is 0 Å². The fourth-order valence-corrected chi connectivity index (χ4v) is 1.70. The molecule has 0 fully saturated rings. The Morgan fingerprint density at radius 2 is 1.85 bits per heavy atom. The fraction of sp³-hybridized carbons (Fsp3) is 0.105. The van der Waals surface area contributed by atoms with Crippen LogP contribution in [0.25, 0.3) is 0 Å². The van der Waals surface area contributed by atoms with E-state index in [0.29, 0.717) is 5.78 Å². The topological polar surface area (TPSA) is 21.4 Å². The molecular formula is C19H15O+. The van der Waals surface area contributed by atoms with Gasteiger partial charge in [-0.25, -0.2) is 0 Å². The number of carbonyl (C=O) groups excluding carboxylic acids is 1. The molecule has 96 valence electrons. The summed E-state index contributed by atoms with van der Waals surface area (Å²) in [4.78, 5) is 4.60. The zero-order valence-electron chi connectivity index (χ0n) is 12.3. The van der Waals surface area contributed by atoms with Crippen molar-refractivity contribution < 1.29 is 6.23 Å². The summed E-state index contributed by atoms with van der Waals surface area (Å²) in [6.45, 7) is 1.91. The van der Waals surface area contributed by atoms with Gasteiger partial charge in [0.1, 0.15) is 0 Å². The highest BCUT2D eigenvalue weighted by atomic mass is 16.1. The molecule has 0 saturated heterocycles. The zero-order chi connectivity index (χ0) is 14.9. The van der Waals surface area contributed by atoms with Crippen molar-refractivity contribution in [3.05, 3.63) is 71.4 Å². The molecule has 2 rings (SSSR count). The molecular weight excluding hydrogens is 244 g/mol. The summed E-state index contributed by atoms with van der Waals surface area (Å²) >= 11 is 0. The summed E-state index contributed by atoms with van der Waals surface area (Å²) in [5.74, 6) is 12.2. The van der Waals surface area contributed by atoms with E-state index in [1.807, 2.05) is 49.5 Å². The van der Waals surface area contributed by atoms with Crippen molar-refractivity contribution in [2.75, 3.05) is 0 Å². The molecule has 0 aromatic carbocycles. The van der Waals surface area contributed by atoms with Crippen molar-refractivity contribution >= 4 is 5.78 Å². The van der Waals surface area contributed by atoms with E-state index in [4.69, 9.17) is 1.43 Å². The Morgan fingerprint density at radius 1 is 1.00 bits per heavy atom. The van der Waals surface area contributed by atoms with E-state index in [9.17, 15) is 0 Å². The third kappa shape index (κ3) is 4.48. The third-order valence-electron chi connectivity index (χ3n) is 2.73. The molecule has 0 aliphatic heterocycles. The lowest BCUT2D eigenvalue weighted by Gasteiger charge is -1.98. The number of fused-ring (bicyclic) bond motifs is 2. The van der Waals surface area contributed by atoms with Crippen LogP contribution in [0.15, 0.2) is 71.4 Å². The average Bonchev–Trinajstić information content (AvgIpc) is 2.71.